The highest BCUT2D eigenvalue weighted by atomic mass is 35.5. The second kappa shape index (κ2) is 9.78. The van der Waals surface area contributed by atoms with Crippen molar-refractivity contribution in [3.63, 3.8) is 0 Å². The maximum Gasteiger partial charge on any atom is 0.257 e. The van der Waals surface area contributed by atoms with Crippen molar-refractivity contribution in [1.29, 1.82) is 0 Å². The Morgan fingerprint density at radius 1 is 1.07 bits per heavy atom. The van der Waals surface area contributed by atoms with Gasteiger partial charge in [0.2, 0.25) is 0 Å². The molecule has 0 spiro atoms. The molecule has 1 aliphatic heterocycles. The van der Waals surface area contributed by atoms with Crippen molar-refractivity contribution in [2.24, 2.45) is 0 Å². The van der Waals surface area contributed by atoms with E-state index in [0.29, 0.717) is 17.3 Å². The van der Waals surface area contributed by atoms with Crippen molar-refractivity contribution in [2.75, 3.05) is 27.2 Å². The largest absolute Gasteiger partial charge is 0.497 e. The van der Waals surface area contributed by atoms with Gasteiger partial charge in [0.25, 0.3) is 5.91 Å². The summed E-state index contributed by atoms with van der Waals surface area (Å²) in [6.45, 7) is 1.51. The Hall–Kier alpha value is -2.83. The fraction of sp³-hybridized carbons (Fsp3) is 0.304. The Morgan fingerprint density at radius 3 is 2.33 bits per heavy atom. The van der Waals surface area contributed by atoms with Gasteiger partial charge in [-0.1, -0.05) is 18.2 Å². The van der Waals surface area contributed by atoms with Crippen LogP contribution in [0, 0.1) is 0 Å². The Balaban J connectivity index is 0.00000256. The predicted octanol–water partition coefficient (Wildman–Crippen LogP) is 3.79. The fourth-order valence-electron chi connectivity index (χ4n) is 3.75. The summed E-state index contributed by atoms with van der Waals surface area (Å²) in [5.74, 6) is 0.811. The highest BCUT2D eigenvalue weighted by Crippen LogP contribution is 2.27. The number of nitrogens with zero attached hydrogens (tertiary/aromatic N) is 3. The predicted molar refractivity (Wildman–Crippen MR) is 121 cm³/mol. The van der Waals surface area contributed by atoms with E-state index in [-0.39, 0.29) is 18.3 Å². The number of rotatable bonds is 5. The van der Waals surface area contributed by atoms with Gasteiger partial charge in [0.1, 0.15) is 11.4 Å². The number of carbonyl (C=O) groups is 1. The van der Waals surface area contributed by atoms with Gasteiger partial charge in [0, 0.05) is 30.9 Å². The normalized spacial score (nSPS) is 14.3. The number of amides is 1. The Morgan fingerprint density at radius 2 is 1.73 bits per heavy atom. The molecule has 2 heterocycles. The Kier molecular flexibility index (Phi) is 7.13. The quantitative estimate of drug-likeness (QED) is 0.674. The molecule has 7 heteroatoms. The summed E-state index contributed by atoms with van der Waals surface area (Å²) in [6.07, 6.45) is 3.78. The maximum atomic E-state index is 13.4. The molecule has 3 aromatic rings. The van der Waals surface area contributed by atoms with E-state index < -0.39 is 0 Å². The van der Waals surface area contributed by atoms with Crippen molar-refractivity contribution in [3.8, 4) is 22.7 Å². The number of likely N-dealkylation sites (tertiary alicyclic amines) is 1. The lowest BCUT2D eigenvalue weighted by atomic mass is 10.0. The summed E-state index contributed by atoms with van der Waals surface area (Å²) in [5.41, 5.74) is 3.14. The first-order valence-electron chi connectivity index (χ1n) is 9.95. The van der Waals surface area contributed by atoms with Crippen LogP contribution in [0.25, 0.3) is 16.9 Å². The van der Waals surface area contributed by atoms with E-state index in [1.807, 2.05) is 72.7 Å². The van der Waals surface area contributed by atoms with Gasteiger partial charge in [0.15, 0.2) is 0 Å². The minimum absolute atomic E-state index is 0. The van der Waals surface area contributed by atoms with Crippen molar-refractivity contribution in [1.82, 2.24) is 20.0 Å². The first-order valence-corrected chi connectivity index (χ1v) is 9.95. The van der Waals surface area contributed by atoms with Gasteiger partial charge < -0.3 is 15.0 Å². The fourth-order valence-corrected chi connectivity index (χ4v) is 3.75. The number of piperidine rings is 1. The van der Waals surface area contributed by atoms with Crippen LogP contribution in [0.2, 0.25) is 0 Å². The molecule has 0 bridgehead atoms. The van der Waals surface area contributed by atoms with Crippen molar-refractivity contribution >= 4 is 18.3 Å². The standard InChI is InChI=1S/C23H26N4O2.ClH/c1-24-18-12-14-26(15-13-18)23(28)21-16-27(19-6-4-3-5-7-19)25-22(21)17-8-10-20(29-2)11-9-17;/h3-11,16,18,24H,12-15H2,1-2H3;1H. The number of aromatic nitrogens is 2. The third-order valence-corrected chi connectivity index (χ3v) is 5.52. The number of methoxy groups -OCH3 is 1. The summed E-state index contributed by atoms with van der Waals surface area (Å²) in [4.78, 5) is 15.3. The van der Waals surface area contributed by atoms with Gasteiger partial charge >= 0.3 is 0 Å². The zero-order valence-electron chi connectivity index (χ0n) is 17.2. The smallest absolute Gasteiger partial charge is 0.257 e. The third kappa shape index (κ3) is 4.50. The first kappa shape index (κ1) is 21.9. The second-order valence-electron chi connectivity index (χ2n) is 7.26. The molecular formula is C23H27ClN4O2. The van der Waals surface area contributed by atoms with Crippen LogP contribution < -0.4 is 10.1 Å². The number of benzene rings is 2. The van der Waals surface area contributed by atoms with Crippen LogP contribution in [-0.2, 0) is 0 Å². The number of hydrogen-bond acceptors (Lipinski definition) is 4. The molecule has 1 aromatic heterocycles. The lowest BCUT2D eigenvalue weighted by molar-refractivity contribution is 0.0708. The third-order valence-electron chi connectivity index (χ3n) is 5.52. The van der Waals surface area contributed by atoms with E-state index in [2.05, 4.69) is 5.32 Å². The average molecular weight is 427 g/mol. The molecule has 0 radical (unpaired) electrons. The minimum atomic E-state index is 0. The van der Waals surface area contributed by atoms with E-state index in [9.17, 15) is 4.79 Å². The number of carbonyl (C=O) groups excluding carboxylic acids is 1. The SMILES string of the molecule is CNC1CCN(C(=O)c2cn(-c3ccccc3)nc2-c2ccc(OC)cc2)CC1.Cl. The topological polar surface area (TPSA) is 59.4 Å². The van der Waals surface area contributed by atoms with Crippen LogP contribution in [0.3, 0.4) is 0 Å². The maximum absolute atomic E-state index is 13.4. The molecule has 1 amide bonds. The van der Waals surface area contributed by atoms with E-state index in [1.165, 1.54) is 0 Å². The van der Waals surface area contributed by atoms with Crippen LogP contribution >= 0.6 is 12.4 Å². The molecule has 1 saturated heterocycles. The van der Waals surface area contributed by atoms with Crippen molar-refractivity contribution < 1.29 is 9.53 Å². The molecule has 1 fully saturated rings. The second-order valence-corrected chi connectivity index (χ2v) is 7.26. The van der Waals surface area contributed by atoms with E-state index in [4.69, 9.17) is 9.84 Å². The Bertz CT molecular complexity index is 965. The summed E-state index contributed by atoms with van der Waals surface area (Å²) >= 11 is 0. The number of halogens is 1. The molecule has 1 aliphatic rings. The molecule has 0 atom stereocenters. The molecule has 4 rings (SSSR count). The number of hydrogen-bond donors (Lipinski definition) is 1. The number of ether oxygens (including phenoxy) is 1. The van der Waals surface area contributed by atoms with Crippen LogP contribution in [0.15, 0.2) is 60.8 Å². The lowest BCUT2D eigenvalue weighted by Crippen LogP contribution is -2.44. The van der Waals surface area contributed by atoms with E-state index >= 15 is 0 Å². The highest BCUT2D eigenvalue weighted by Gasteiger charge is 2.27. The summed E-state index contributed by atoms with van der Waals surface area (Å²) < 4.78 is 7.05. The van der Waals surface area contributed by atoms with Crippen LogP contribution in [0.5, 0.6) is 5.75 Å². The van der Waals surface area contributed by atoms with Gasteiger partial charge in [-0.3, -0.25) is 4.79 Å². The van der Waals surface area contributed by atoms with Crippen LogP contribution in [0.4, 0.5) is 0 Å². The molecule has 0 unspecified atom stereocenters. The monoisotopic (exact) mass is 426 g/mol. The minimum Gasteiger partial charge on any atom is -0.497 e. The van der Waals surface area contributed by atoms with Gasteiger partial charge in [-0.25, -0.2) is 4.68 Å². The molecule has 1 N–H and O–H groups in total. The van der Waals surface area contributed by atoms with Gasteiger partial charge in [-0.15, -0.1) is 12.4 Å². The molecular weight excluding hydrogens is 400 g/mol. The Labute approximate surface area is 183 Å². The van der Waals surface area contributed by atoms with Crippen molar-refractivity contribution in [3.05, 3.63) is 66.4 Å². The summed E-state index contributed by atoms with van der Waals surface area (Å²) in [7, 11) is 3.62. The molecule has 6 nitrogen and oxygen atoms in total. The van der Waals surface area contributed by atoms with Crippen molar-refractivity contribution in [2.45, 2.75) is 18.9 Å². The van der Waals surface area contributed by atoms with Crippen LogP contribution in [0.1, 0.15) is 23.2 Å². The lowest BCUT2D eigenvalue weighted by Gasteiger charge is -2.31. The van der Waals surface area contributed by atoms with Gasteiger partial charge in [0.05, 0.1) is 18.4 Å². The molecule has 2 aromatic carbocycles. The molecule has 0 aliphatic carbocycles. The number of nitrogens with one attached hydrogen (secondary N) is 1. The molecule has 30 heavy (non-hydrogen) atoms. The van der Waals surface area contributed by atoms with Gasteiger partial charge in [-0.2, -0.15) is 5.10 Å². The zero-order valence-corrected chi connectivity index (χ0v) is 18.1. The van der Waals surface area contributed by atoms with E-state index in [1.54, 1.807) is 11.8 Å². The molecule has 0 saturated carbocycles. The summed E-state index contributed by atoms with van der Waals surface area (Å²) in [6, 6.07) is 18.0. The van der Waals surface area contributed by atoms with Gasteiger partial charge in [-0.05, 0) is 56.3 Å². The first-order chi connectivity index (χ1) is 14.2. The average Bonchev–Trinajstić information content (AvgIpc) is 3.25. The molecule has 158 valence electrons. The zero-order chi connectivity index (χ0) is 20.2. The summed E-state index contributed by atoms with van der Waals surface area (Å²) in [5, 5.41) is 8.08. The van der Waals surface area contributed by atoms with E-state index in [0.717, 1.165) is 42.9 Å². The highest BCUT2D eigenvalue weighted by molar-refractivity contribution is 6.00. The number of para-hydroxylation sites is 1. The van der Waals surface area contributed by atoms with Crippen LogP contribution in [-0.4, -0.2) is 53.9 Å².